The number of aliphatic hydroxyl groups excluding tert-OH is 2. The van der Waals surface area contributed by atoms with Gasteiger partial charge in [-0.25, -0.2) is 28.6 Å². The molecule has 73 heavy (non-hydrogen) atoms. The molecule has 7 atom stereocenters. The number of unbranched alkanes of at least 4 members (excludes halogenated alkanes) is 5. The van der Waals surface area contributed by atoms with Gasteiger partial charge in [-0.2, -0.15) is 4.31 Å². The van der Waals surface area contributed by atoms with Gasteiger partial charge in [0.1, 0.15) is 36.3 Å². The van der Waals surface area contributed by atoms with Gasteiger partial charge in [-0.05, 0) is 51.4 Å². The van der Waals surface area contributed by atoms with E-state index < -0.39 is 84.6 Å². The minimum absolute atomic E-state index is 0.0311. The lowest BCUT2D eigenvalue weighted by molar-refractivity contribution is -0.137. The van der Waals surface area contributed by atoms with E-state index in [1.165, 1.54) is 13.8 Å². The number of aromatic nitrogens is 4. The molecule has 410 valence electrons. The number of hydrogen-bond donors (Lipinski definition) is 9. The largest absolute Gasteiger partial charge is 0.481 e. The number of thioether (sulfide) groups is 1. The molecule has 0 bridgehead atoms. The van der Waals surface area contributed by atoms with E-state index in [9.17, 15) is 57.9 Å². The lowest BCUT2D eigenvalue weighted by atomic mass is 9.87. The molecular formula is C45H72N7O17P3S. The van der Waals surface area contributed by atoms with Gasteiger partial charge in [0, 0.05) is 37.1 Å². The van der Waals surface area contributed by atoms with Crippen molar-refractivity contribution >= 4 is 69.1 Å². The van der Waals surface area contributed by atoms with Gasteiger partial charge in [-0.15, -0.1) is 0 Å². The zero-order valence-corrected chi connectivity index (χ0v) is 44.8. The lowest BCUT2D eigenvalue weighted by Gasteiger charge is -2.30. The van der Waals surface area contributed by atoms with E-state index in [1.54, 1.807) is 0 Å². The molecule has 3 unspecified atom stereocenters. The first-order chi connectivity index (χ1) is 34.6. The second-order valence-corrected chi connectivity index (χ2v) is 22.7. The summed E-state index contributed by atoms with van der Waals surface area (Å²) >= 11 is 1.14. The molecule has 0 spiro atoms. The Morgan fingerprint density at radius 1 is 0.836 bits per heavy atom. The minimum atomic E-state index is -5.58. The quantitative estimate of drug-likeness (QED) is 0.0210. The van der Waals surface area contributed by atoms with Crippen molar-refractivity contribution in [2.75, 3.05) is 37.8 Å². The van der Waals surface area contributed by atoms with Crippen molar-refractivity contribution in [3.63, 3.8) is 0 Å². The first-order valence-corrected chi connectivity index (χ1v) is 29.4. The highest BCUT2D eigenvalue weighted by atomic mass is 32.2. The normalized spacial score (nSPS) is 20.0. The SMILES string of the molecule is CC/C=C\C/C=C\C/C=C\C/C=C\C/C=C\CCCCCCCC(=O)SCCNC(=O)CCNC(=O)C(O)C(C)(C)COP(=O)(O)OP(=O)(O)OC[C@H]1O[C@@H](n2cnc3c(N)ncnc32)[C@H](O)[C@@H]1OP(=O)(O)O. The second kappa shape index (κ2) is 32.6. The standard InChI is InChI=1S/C45H72N7O17P3S/c1-4-5-6-7-8-9-10-11-12-13-14-15-16-17-18-19-20-21-22-23-24-25-36(54)73-29-28-47-35(53)26-27-48-43(57)40(56)45(2,3)31-66-72(63,64)69-71(61,62)65-30-34-39(68-70(58,59)60)38(55)44(67-34)52-33-51-37-41(46)49-32-50-42(37)52/h5-6,8-9,11-12,14-15,17-18,32-34,38-40,44,55-56H,4,7,10,13,16,19-31H2,1-3H3,(H,47,53)(H,48,57)(H,61,62)(H,63,64)(H2,46,49,50)(H2,58,59,60)/b6-5-,9-8-,12-11-,15-14-,18-17-/t34-,38-,39-,40?,44-/m1/s1. The van der Waals surface area contributed by atoms with Crippen LogP contribution in [0.4, 0.5) is 5.82 Å². The van der Waals surface area contributed by atoms with E-state index >= 15 is 0 Å². The third-order valence-electron chi connectivity index (χ3n) is 10.7. The van der Waals surface area contributed by atoms with Crippen molar-refractivity contribution in [2.45, 2.75) is 135 Å². The van der Waals surface area contributed by atoms with E-state index in [0.29, 0.717) is 12.2 Å². The summed E-state index contributed by atoms with van der Waals surface area (Å²) in [6.07, 6.45) is 26.4. The number of carbonyl (C=O) groups is 3. The molecule has 2 aromatic rings. The first kappa shape index (κ1) is 63.6. The van der Waals surface area contributed by atoms with Gasteiger partial charge in [0.2, 0.25) is 11.8 Å². The number of aliphatic hydroxyl groups is 2. The number of nitrogens with zero attached hydrogens (tertiary/aromatic N) is 4. The van der Waals surface area contributed by atoms with Crippen molar-refractivity contribution in [2.24, 2.45) is 5.41 Å². The number of rotatable bonds is 36. The van der Waals surface area contributed by atoms with Crippen LogP contribution in [-0.4, -0.2) is 123 Å². The molecule has 0 aliphatic carbocycles. The van der Waals surface area contributed by atoms with Gasteiger partial charge in [0.25, 0.3) is 0 Å². The van der Waals surface area contributed by atoms with E-state index in [2.05, 4.69) is 102 Å². The average Bonchev–Trinajstić information content (AvgIpc) is 3.88. The van der Waals surface area contributed by atoms with Crippen LogP contribution in [0.2, 0.25) is 0 Å². The van der Waals surface area contributed by atoms with Crippen LogP contribution in [0.1, 0.15) is 110 Å². The number of anilines is 1. The van der Waals surface area contributed by atoms with Gasteiger partial charge in [0.15, 0.2) is 22.8 Å². The number of fused-ring (bicyclic) bond motifs is 1. The average molecular weight is 1110 g/mol. The zero-order chi connectivity index (χ0) is 53.9. The maximum atomic E-state index is 12.8. The Balaban J connectivity index is 1.25. The highest BCUT2D eigenvalue weighted by Gasteiger charge is 2.50. The number of nitrogens with two attached hydrogens (primary N) is 1. The smallest absolute Gasteiger partial charge is 0.386 e. The van der Waals surface area contributed by atoms with Crippen LogP contribution in [-0.2, 0) is 50.7 Å². The molecule has 28 heteroatoms. The summed E-state index contributed by atoms with van der Waals surface area (Å²) in [4.78, 5) is 88.5. The highest BCUT2D eigenvalue weighted by molar-refractivity contribution is 8.13. The van der Waals surface area contributed by atoms with Crippen molar-refractivity contribution in [1.29, 1.82) is 0 Å². The van der Waals surface area contributed by atoms with Crippen LogP contribution in [0.15, 0.2) is 73.4 Å². The van der Waals surface area contributed by atoms with Gasteiger partial charge >= 0.3 is 23.5 Å². The molecular weight excluding hydrogens is 1040 g/mol. The van der Waals surface area contributed by atoms with E-state index in [1.807, 2.05) is 0 Å². The summed E-state index contributed by atoms with van der Waals surface area (Å²) in [5, 5.41) is 26.7. The van der Waals surface area contributed by atoms with E-state index in [0.717, 1.165) is 99.6 Å². The van der Waals surface area contributed by atoms with Crippen LogP contribution >= 0.6 is 35.2 Å². The summed E-state index contributed by atoms with van der Waals surface area (Å²) in [5.74, 6) is -1.06. The first-order valence-electron chi connectivity index (χ1n) is 23.9. The van der Waals surface area contributed by atoms with Gasteiger partial charge in [-0.3, -0.25) is 32.5 Å². The third kappa shape index (κ3) is 25.1. The number of nitrogen functional groups attached to an aromatic ring is 1. The third-order valence-corrected chi connectivity index (χ3v) is 14.7. The number of hydrogen-bond acceptors (Lipinski definition) is 18. The number of nitrogens with one attached hydrogen (secondary N) is 2. The molecule has 1 fully saturated rings. The number of phosphoric ester groups is 3. The Morgan fingerprint density at radius 3 is 2.08 bits per heavy atom. The maximum absolute atomic E-state index is 12.8. The molecule has 2 amide bonds. The number of phosphoric acid groups is 3. The van der Waals surface area contributed by atoms with Gasteiger partial charge < -0.3 is 50.9 Å². The molecule has 10 N–H and O–H groups in total. The maximum Gasteiger partial charge on any atom is 0.481 e. The Kier molecular flexibility index (Phi) is 28.4. The number of imidazole rings is 1. The fourth-order valence-electron chi connectivity index (χ4n) is 6.80. The van der Waals surface area contributed by atoms with Gasteiger partial charge in [0.05, 0.1) is 19.5 Å². The Labute approximate surface area is 429 Å². The minimum Gasteiger partial charge on any atom is -0.386 e. The van der Waals surface area contributed by atoms with Crippen LogP contribution < -0.4 is 16.4 Å². The topological polar surface area (TPSA) is 364 Å². The van der Waals surface area contributed by atoms with Crippen LogP contribution in [0, 0.1) is 5.41 Å². The zero-order valence-electron chi connectivity index (χ0n) is 41.3. The number of ether oxygens (including phenoxy) is 1. The molecule has 0 aromatic carbocycles. The number of allylic oxidation sites excluding steroid dienone is 10. The Morgan fingerprint density at radius 2 is 1.44 bits per heavy atom. The number of carbonyl (C=O) groups excluding carboxylic acids is 3. The van der Waals surface area contributed by atoms with Crippen LogP contribution in [0.5, 0.6) is 0 Å². The van der Waals surface area contributed by atoms with E-state index in [-0.39, 0.29) is 41.6 Å². The van der Waals surface area contributed by atoms with E-state index in [4.69, 9.17) is 19.5 Å². The summed E-state index contributed by atoms with van der Waals surface area (Å²) in [6.45, 7) is 2.67. The summed E-state index contributed by atoms with van der Waals surface area (Å²) < 4.78 is 62.5. The molecule has 3 rings (SSSR count). The van der Waals surface area contributed by atoms with Crippen LogP contribution in [0.3, 0.4) is 0 Å². The molecule has 0 radical (unpaired) electrons. The molecule has 24 nitrogen and oxygen atoms in total. The predicted octanol–water partition coefficient (Wildman–Crippen LogP) is 6.15. The summed E-state index contributed by atoms with van der Waals surface area (Å²) in [5.41, 5.74) is 4.28. The summed E-state index contributed by atoms with van der Waals surface area (Å²) in [6, 6.07) is 0. The summed E-state index contributed by atoms with van der Waals surface area (Å²) in [7, 11) is -16.4. The highest BCUT2D eigenvalue weighted by Crippen LogP contribution is 2.61. The molecule has 0 saturated carbocycles. The number of amides is 2. The molecule has 3 heterocycles. The van der Waals surface area contributed by atoms with Crippen molar-refractivity contribution in [3.8, 4) is 0 Å². The molecule has 2 aromatic heterocycles. The van der Waals surface area contributed by atoms with Gasteiger partial charge in [-0.1, -0.05) is 113 Å². The van der Waals surface area contributed by atoms with Crippen LogP contribution in [0.25, 0.3) is 11.2 Å². The monoisotopic (exact) mass is 1110 g/mol. The predicted molar refractivity (Wildman–Crippen MR) is 274 cm³/mol. The van der Waals surface area contributed by atoms with Crippen molar-refractivity contribution < 1.29 is 80.5 Å². The van der Waals surface area contributed by atoms with Crippen molar-refractivity contribution in [1.82, 2.24) is 30.2 Å². The molecule has 1 aliphatic heterocycles. The molecule has 1 saturated heterocycles. The lowest BCUT2D eigenvalue weighted by Crippen LogP contribution is -2.46. The molecule has 1 aliphatic rings. The van der Waals surface area contributed by atoms with Crippen molar-refractivity contribution in [3.05, 3.63) is 73.4 Å². The second-order valence-electron chi connectivity index (χ2n) is 17.3. The fraction of sp³-hybridized carbons (Fsp3) is 0.600. The Hall–Kier alpha value is -3.74. The fourth-order valence-corrected chi connectivity index (χ4v) is 10.3. The Bertz CT molecular complexity index is 2340.